The van der Waals surface area contributed by atoms with E-state index < -0.39 is 0 Å². The predicted molar refractivity (Wildman–Crippen MR) is 153 cm³/mol. The summed E-state index contributed by atoms with van der Waals surface area (Å²) in [5, 5.41) is 0. The standard InChI is InChI=1S/C35H30N2/c1-35(2)30-19-11-12-20-31(30)37(26-15-7-4-8-16-26)34-33(35)32-25(23-36-34)21-22-27(24-13-5-3-6-14-24)28-17-9-10-18-29(28)32/h3-20,23,27H,21-22H2,1-2H3. The van der Waals surface area contributed by atoms with E-state index in [1.54, 1.807) is 0 Å². The van der Waals surface area contributed by atoms with Gasteiger partial charge in [0.25, 0.3) is 0 Å². The first kappa shape index (κ1) is 22.1. The van der Waals surface area contributed by atoms with Gasteiger partial charge in [-0.2, -0.15) is 0 Å². The molecule has 2 aliphatic rings. The van der Waals surface area contributed by atoms with Gasteiger partial charge in [-0.15, -0.1) is 0 Å². The zero-order valence-electron chi connectivity index (χ0n) is 21.4. The molecule has 7 rings (SSSR count). The number of aryl methyl sites for hydroxylation is 1. The summed E-state index contributed by atoms with van der Waals surface area (Å²) in [7, 11) is 0. The fourth-order valence-corrected chi connectivity index (χ4v) is 6.60. The molecular weight excluding hydrogens is 448 g/mol. The normalized spacial score (nSPS) is 17.1. The monoisotopic (exact) mass is 478 g/mol. The van der Waals surface area contributed by atoms with Gasteiger partial charge in [-0.05, 0) is 64.4 Å². The average Bonchev–Trinajstić information content (AvgIpc) is 3.11. The van der Waals surface area contributed by atoms with Gasteiger partial charge in [-0.25, -0.2) is 4.98 Å². The molecule has 0 saturated carbocycles. The van der Waals surface area contributed by atoms with Gasteiger partial charge < -0.3 is 0 Å². The minimum absolute atomic E-state index is 0.199. The van der Waals surface area contributed by atoms with E-state index in [0.29, 0.717) is 5.92 Å². The summed E-state index contributed by atoms with van der Waals surface area (Å²) in [4.78, 5) is 7.58. The van der Waals surface area contributed by atoms with E-state index >= 15 is 0 Å². The lowest BCUT2D eigenvalue weighted by atomic mass is 9.71. The van der Waals surface area contributed by atoms with Crippen LogP contribution in [0, 0.1) is 0 Å². The van der Waals surface area contributed by atoms with Crippen molar-refractivity contribution in [1.82, 2.24) is 4.98 Å². The topological polar surface area (TPSA) is 16.1 Å². The molecule has 4 aromatic carbocycles. The van der Waals surface area contributed by atoms with Gasteiger partial charge in [0.05, 0.1) is 5.69 Å². The number of nitrogens with zero attached hydrogens (tertiary/aromatic N) is 2. The molecule has 1 aliphatic heterocycles. The third kappa shape index (κ3) is 3.36. The molecule has 0 bridgehead atoms. The first-order valence-electron chi connectivity index (χ1n) is 13.3. The molecule has 0 saturated heterocycles. The SMILES string of the molecule is CC1(C)c2ccccc2N(c2ccccc2)c2ncc3c(c21)-c1ccccc1C(c1ccccc1)CC3. The molecule has 2 heterocycles. The Morgan fingerprint density at radius 3 is 2.24 bits per heavy atom. The van der Waals surface area contributed by atoms with Crippen LogP contribution in [0.15, 0.2) is 115 Å². The van der Waals surface area contributed by atoms with Crippen LogP contribution >= 0.6 is 0 Å². The highest BCUT2D eigenvalue weighted by Crippen LogP contribution is 2.55. The average molecular weight is 479 g/mol. The summed E-state index contributed by atoms with van der Waals surface area (Å²) < 4.78 is 0. The molecule has 1 aliphatic carbocycles. The van der Waals surface area contributed by atoms with Crippen LogP contribution < -0.4 is 4.90 Å². The number of rotatable bonds is 2. The largest absolute Gasteiger partial charge is 0.294 e. The van der Waals surface area contributed by atoms with Gasteiger partial charge in [-0.1, -0.05) is 105 Å². The van der Waals surface area contributed by atoms with Crippen LogP contribution in [0.2, 0.25) is 0 Å². The molecule has 0 amide bonds. The summed E-state index contributed by atoms with van der Waals surface area (Å²) in [6.45, 7) is 4.74. The highest BCUT2D eigenvalue weighted by Gasteiger charge is 2.41. The first-order chi connectivity index (χ1) is 18.1. The molecule has 1 aromatic heterocycles. The fraction of sp³-hybridized carbons (Fsp3) is 0.171. The van der Waals surface area contributed by atoms with Crippen LogP contribution in [-0.2, 0) is 11.8 Å². The predicted octanol–water partition coefficient (Wildman–Crippen LogP) is 8.94. The molecule has 0 radical (unpaired) electrons. The molecule has 5 aromatic rings. The molecule has 0 spiro atoms. The fourth-order valence-electron chi connectivity index (χ4n) is 6.60. The lowest BCUT2D eigenvalue weighted by molar-refractivity contribution is 0.627. The van der Waals surface area contributed by atoms with E-state index in [4.69, 9.17) is 4.98 Å². The van der Waals surface area contributed by atoms with E-state index in [9.17, 15) is 0 Å². The van der Waals surface area contributed by atoms with Crippen molar-refractivity contribution >= 4 is 17.2 Å². The quantitative estimate of drug-likeness (QED) is 0.252. The van der Waals surface area contributed by atoms with E-state index in [0.717, 1.165) is 24.3 Å². The van der Waals surface area contributed by atoms with Crippen molar-refractivity contribution in [3.63, 3.8) is 0 Å². The van der Waals surface area contributed by atoms with E-state index in [2.05, 4.69) is 134 Å². The van der Waals surface area contributed by atoms with Gasteiger partial charge in [-0.3, -0.25) is 4.90 Å². The minimum Gasteiger partial charge on any atom is -0.294 e. The molecule has 0 N–H and O–H groups in total. The van der Waals surface area contributed by atoms with Crippen LogP contribution in [0.5, 0.6) is 0 Å². The lowest BCUT2D eigenvalue weighted by Gasteiger charge is -2.42. The van der Waals surface area contributed by atoms with Crippen molar-refractivity contribution in [3.8, 4) is 11.1 Å². The Labute approximate surface area is 219 Å². The Hall–Kier alpha value is -4.17. The summed E-state index contributed by atoms with van der Waals surface area (Å²) in [6, 6.07) is 39.6. The third-order valence-electron chi connectivity index (χ3n) is 8.32. The Kier molecular flexibility index (Phi) is 5.04. The Bertz CT molecular complexity index is 1600. The molecule has 37 heavy (non-hydrogen) atoms. The maximum absolute atomic E-state index is 5.22. The number of pyridine rings is 1. The number of anilines is 3. The molecule has 180 valence electrons. The van der Waals surface area contributed by atoms with Crippen LogP contribution in [0.4, 0.5) is 17.2 Å². The Balaban J connectivity index is 1.54. The number of hydrogen-bond acceptors (Lipinski definition) is 2. The van der Waals surface area contributed by atoms with Crippen LogP contribution in [0.1, 0.15) is 54.0 Å². The van der Waals surface area contributed by atoms with Crippen LogP contribution in [-0.4, -0.2) is 4.98 Å². The van der Waals surface area contributed by atoms with Gasteiger partial charge in [0.1, 0.15) is 5.82 Å². The lowest BCUT2D eigenvalue weighted by Crippen LogP contribution is -2.32. The number of aromatic nitrogens is 1. The molecule has 2 heteroatoms. The summed E-state index contributed by atoms with van der Waals surface area (Å²) in [5.41, 5.74) is 11.7. The van der Waals surface area contributed by atoms with Crippen molar-refractivity contribution in [2.24, 2.45) is 0 Å². The minimum atomic E-state index is -0.199. The summed E-state index contributed by atoms with van der Waals surface area (Å²) in [6.07, 6.45) is 4.24. The highest BCUT2D eigenvalue weighted by molar-refractivity contribution is 5.90. The van der Waals surface area contributed by atoms with Crippen molar-refractivity contribution in [2.75, 3.05) is 4.90 Å². The smallest absolute Gasteiger partial charge is 0.142 e. The van der Waals surface area contributed by atoms with E-state index in [1.165, 1.54) is 44.6 Å². The molecule has 2 nitrogen and oxygen atoms in total. The van der Waals surface area contributed by atoms with Crippen LogP contribution in [0.25, 0.3) is 11.1 Å². The van der Waals surface area contributed by atoms with Crippen molar-refractivity contribution < 1.29 is 0 Å². The maximum atomic E-state index is 5.22. The molecule has 1 atom stereocenters. The second kappa shape index (κ2) is 8.45. The van der Waals surface area contributed by atoms with E-state index in [1.807, 2.05) is 0 Å². The van der Waals surface area contributed by atoms with Gasteiger partial charge in [0.2, 0.25) is 0 Å². The zero-order chi connectivity index (χ0) is 25.0. The summed E-state index contributed by atoms with van der Waals surface area (Å²) in [5.74, 6) is 1.41. The van der Waals surface area contributed by atoms with Crippen LogP contribution in [0.3, 0.4) is 0 Å². The molecule has 1 unspecified atom stereocenters. The second-order valence-corrected chi connectivity index (χ2v) is 10.8. The summed E-state index contributed by atoms with van der Waals surface area (Å²) >= 11 is 0. The number of fused-ring (bicyclic) bond motifs is 6. The van der Waals surface area contributed by atoms with E-state index in [-0.39, 0.29) is 5.41 Å². The first-order valence-corrected chi connectivity index (χ1v) is 13.3. The van der Waals surface area contributed by atoms with Crippen molar-refractivity contribution in [3.05, 3.63) is 143 Å². The Morgan fingerprint density at radius 1 is 0.757 bits per heavy atom. The van der Waals surface area contributed by atoms with Gasteiger partial charge >= 0.3 is 0 Å². The zero-order valence-corrected chi connectivity index (χ0v) is 21.4. The number of benzene rings is 4. The highest BCUT2D eigenvalue weighted by atomic mass is 15.2. The third-order valence-corrected chi connectivity index (χ3v) is 8.32. The molecule has 0 fully saturated rings. The van der Waals surface area contributed by atoms with Crippen molar-refractivity contribution in [1.29, 1.82) is 0 Å². The second-order valence-electron chi connectivity index (χ2n) is 10.8. The Morgan fingerprint density at radius 2 is 1.43 bits per heavy atom. The van der Waals surface area contributed by atoms with Gasteiger partial charge in [0.15, 0.2) is 0 Å². The van der Waals surface area contributed by atoms with Gasteiger partial charge in [0, 0.05) is 28.8 Å². The molecular formula is C35H30N2. The van der Waals surface area contributed by atoms with Crippen molar-refractivity contribution in [2.45, 2.75) is 38.0 Å². The maximum Gasteiger partial charge on any atom is 0.142 e. The number of hydrogen-bond donors (Lipinski definition) is 0. The number of para-hydroxylation sites is 2.